The summed E-state index contributed by atoms with van der Waals surface area (Å²) in [6.07, 6.45) is 0. The molecular weight excluding hydrogens is 1200 g/mol. The van der Waals surface area contributed by atoms with Gasteiger partial charge in [-0.1, -0.05) is 267 Å². The smallest absolute Gasteiger partial charge is 0.179 e. The van der Waals surface area contributed by atoms with Crippen molar-refractivity contribution in [3.05, 3.63) is 362 Å². The van der Waals surface area contributed by atoms with Crippen molar-refractivity contribution in [1.29, 1.82) is 21.0 Å². The zero-order chi connectivity index (χ0) is 64.7. The summed E-state index contributed by atoms with van der Waals surface area (Å²) in [6, 6.07) is 129. The summed E-state index contributed by atoms with van der Waals surface area (Å²) in [4.78, 5) is 0. The van der Waals surface area contributed by atoms with Crippen molar-refractivity contribution in [3.8, 4) is 69.0 Å². The molecule has 0 N–H and O–H groups in total. The van der Waals surface area contributed by atoms with E-state index in [4.69, 9.17) is 0 Å². The number of hydrogen-bond donors (Lipinski definition) is 0. The fourth-order valence-electron chi connectivity index (χ4n) is 15.3. The first-order chi connectivity index (χ1) is 47.4. The summed E-state index contributed by atoms with van der Waals surface area (Å²) in [7, 11) is -6.35. The molecule has 16 rings (SSSR count). The van der Waals surface area contributed by atoms with Gasteiger partial charge in [-0.05, 0) is 142 Å². The number of aromatic nitrogens is 2. The monoisotopic (exact) mass is 1250 g/mol. The van der Waals surface area contributed by atoms with E-state index in [0.717, 1.165) is 124 Å². The highest BCUT2D eigenvalue weighted by Gasteiger charge is 2.44. The average molecular weight is 1250 g/mol. The summed E-state index contributed by atoms with van der Waals surface area (Å²) >= 11 is 0. The van der Waals surface area contributed by atoms with E-state index in [2.05, 4.69) is 312 Å². The van der Waals surface area contributed by atoms with Gasteiger partial charge in [0.1, 0.15) is 0 Å². The lowest BCUT2D eigenvalue weighted by Crippen LogP contribution is -2.74. The van der Waals surface area contributed by atoms with Crippen molar-refractivity contribution in [2.75, 3.05) is 0 Å². The Morgan fingerprint density at radius 1 is 0.240 bits per heavy atom. The number of rotatable bonds is 13. The highest BCUT2D eigenvalue weighted by Crippen LogP contribution is 2.40. The van der Waals surface area contributed by atoms with Crippen LogP contribution in [0.2, 0.25) is 0 Å². The Morgan fingerprint density at radius 2 is 0.635 bits per heavy atom. The van der Waals surface area contributed by atoms with Crippen molar-refractivity contribution >= 4 is 101 Å². The number of hydrogen-bond acceptors (Lipinski definition) is 4. The Morgan fingerprint density at radius 3 is 1.11 bits per heavy atom. The minimum Gasteiger partial charge on any atom is -0.309 e. The van der Waals surface area contributed by atoms with Gasteiger partial charge < -0.3 is 9.13 Å². The maximum Gasteiger partial charge on any atom is 0.179 e. The largest absolute Gasteiger partial charge is 0.309 e. The molecule has 6 nitrogen and oxygen atoms in total. The molecule has 0 aliphatic carbocycles. The minimum absolute atomic E-state index is 0.448. The van der Waals surface area contributed by atoms with Gasteiger partial charge in [0.05, 0.1) is 68.6 Å². The van der Waals surface area contributed by atoms with Crippen LogP contribution in [0.4, 0.5) is 0 Å². The van der Waals surface area contributed by atoms with Crippen LogP contribution < -0.4 is 41.5 Å². The minimum atomic E-state index is -3.29. The zero-order valence-corrected chi connectivity index (χ0v) is 54.0. The summed E-state index contributed by atoms with van der Waals surface area (Å²) in [6.45, 7) is 0. The molecule has 2 heterocycles. The second kappa shape index (κ2) is 24.3. The Labute approximate surface area is 558 Å². The van der Waals surface area contributed by atoms with Crippen molar-refractivity contribution in [2.45, 2.75) is 0 Å². The van der Waals surface area contributed by atoms with Crippen LogP contribution in [0.1, 0.15) is 22.3 Å². The van der Waals surface area contributed by atoms with Crippen molar-refractivity contribution in [1.82, 2.24) is 9.13 Å². The average Bonchev–Trinajstić information content (AvgIpc) is 0.926. The van der Waals surface area contributed by atoms with Gasteiger partial charge in [0, 0.05) is 38.5 Å². The first kappa shape index (κ1) is 58.2. The van der Waals surface area contributed by atoms with E-state index in [1.165, 1.54) is 0 Å². The van der Waals surface area contributed by atoms with Gasteiger partial charge in [-0.25, -0.2) is 0 Å². The summed E-state index contributed by atoms with van der Waals surface area (Å²) < 4.78 is 4.54. The van der Waals surface area contributed by atoms with Gasteiger partial charge in [-0.3, -0.25) is 0 Å². The first-order valence-corrected chi connectivity index (χ1v) is 36.0. The molecule has 0 fully saturated rings. The maximum atomic E-state index is 11.2. The molecular formula is C88H56N6Si2. The predicted molar refractivity (Wildman–Crippen MR) is 398 cm³/mol. The Kier molecular flexibility index (Phi) is 14.7. The highest BCUT2D eigenvalue weighted by molar-refractivity contribution is 7.20. The molecule has 0 saturated heterocycles. The van der Waals surface area contributed by atoms with Gasteiger partial charge in [0.25, 0.3) is 0 Å². The van der Waals surface area contributed by atoms with E-state index in [1.807, 2.05) is 60.7 Å². The lowest BCUT2D eigenvalue weighted by Gasteiger charge is -2.35. The molecule has 0 bridgehead atoms. The first-order valence-electron chi connectivity index (χ1n) is 32.0. The third kappa shape index (κ3) is 9.41. The van der Waals surface area contributed by atoms with Crippen molar-refractivity contribution in [2.24, 2.45) is 0 Å². The standard InChI is InChI=1S/C88H56N6Si2/c89-57-61-51-64(78-50-47-69(53-65(78)58-90)94-83-37-19-16-33-80(83)81-34-17-20-38-84(81)94)54-76(52-61)96(73-29-12-4-13-30-73,74-31-14-5-15-32-74)75-48-43-62(44-49-75)79-36-22-40-86-88(79)82-35-18-21-39-85(82)93(86)68-45-41-63(42-46-68)87-66(59-91)55-77(56-67(87)60-92)95(70-23-6-1-7-24-70,71-25-8-2-9-26-71)72-27-10-3-11-28-72/h1-56H. The number of para-hydroxylation sites is 3. The van der Waals surface area contributed by atoms with Gasteiger partial charge in [0.2, 0.25) is 0 Å². The molecule has 0 unspecified atom stereocenters. The van der Waals surface area contributed by atoms with Gasteiger partial charge in [-0.2, -0.15) is 21.0 Å². The third-order valence-electron chi connectivity index (χ3n) is 19.4. The molecule has 0 aliphatic heterocycles. The Hall–Kier alpha value is -12.9. The van der Waals surface area contributed by atoms with E-state index in [0.29, 0.717) is 27.8 Å². The second-order valence-corrected chi connectivity index (χ2v) is 31.9. The van der Waals surface area contributed by atoms with Crippen molar-refractivity contribution in [3.63, 3.8) is 0 Å². The highest BCUT2D eigenvalue weighted by atomic mass is 28.3. The fourth-order valence-corrected chi connectivity index (χ4v) is 24.9. The Balaban J connectivity index is 0.803. The van der Waals surface area contributed by atoms with Crippen molar-refractivity contribution < 1.29 is 0 Å². The number of nitrogens with zero attached hydrogens (tertiary/aromatic N) is 6. The van der Waals surface area contributed by atoms with Gasteiger partial charge in [0.15, 0.2) is 16.1 Å². The van der Waals surface area contributed by atoms with E-state index in [-0.39, 0.29) is 0 Å². The molecule has 2 aromatic heterocycles. The molecule has 0 amide bonds. The Bertz CT molecular complexity index is 5630. The third-order valence-corrected chi connectivity index (χ3v) is 28.9. The van der Waals surface area contributed by atoms with Crippen LogP contribution in [-0.4, -0.2) is 25.3 Å². The topological polar surface area (TPSA) is 105 Å². The van der Waals surface area contributed by atoms with E-state index < -0.39 is 16.1 Å². The van der Waals surface area contributed by atoms with Gasteiger partial charge >= 0.3 is 0 Å². The van der Waals surface area contributed by atoms with Crippen LogP contribution in [0.3, 0.4) is 0 Å². The molecule has 16 aromatic rings. The molecule has 14 aromatic carbocycles. The van der Waals surface area contributed by atoms with Crippen LogP contribution in [0, 0.1) is 45.3 Å². The zero-order valence-electron chi connectivity index (χ0n) is 52.0. The number of benzene rings is 14. The van der Waals surface area contributed by atoms with Crippen LogP contribution >= 0.6 is 0 Å². The van der Waals surface area contributed by atoms with E-state index >= 15 is 0 Å². The number of nitriles is 4. The normalized spacial score (nSPS) is 11.5. The summed E-state index contributed by atoms with van der Waals surface area (Å²) in [5.74, 6) is 0. The second-order valence-electron chi connectivity index (χ2n) is 24.3. The van der Waals surface area contributed by atoms with Crippen LogP contribution in [-0.2, 0) is 0 Å². The fraction of sp³-hybridized carbons (Fsp3) is 0. The molecule has 96 heavy (non-hydrogen) atoms. The molecule has 446 valence electrons. The van der Waals surface area contributed by atoms with E-state index in [1.54, 1.807) is 0 Å². The molecule has 0 aliphatic rings. The quantitative estimate of drug-likeness (QED) is 0.0847. The van der Waals surface area contributed by atoms with Crippen LogP contribution in [0.25, 0.3) is 88.4 Å². The predicted octanol–water partition coefficient (Wildman–Crippen LogP) is 15.1. The van der Waals surface area contributed by atoms with Crippen LogP contribution in [0.15, 0.2) is 340 Å². The lowest BCUT2D eigenvalue weighted by molar-refractivity contribution is 1.18. The molecule has 8 heteroatoms. The van der Waals surface area contributed by atoms with Crippen LogP contribution in [0.5, 0.6) is 0 Å². The summed E-state index contributed by atoms with van der Waals surface area (Å²) in [5, 5.41) is 57.8. The molecule has 0 saturated carbocycles. The molecule has 0 radical (unpaired) electrons. The van der Waals surface area contributed by atoms with E-state index in [9.17, 15) is 21.0 Å². The van der Waals surface area contributed by atoms with Gasteiger partial charge in [-0.15, -0.1) is 0 Å². The molecule has 0 atom stereocenters. The summed E-state index contributed by atoms with van der Waals surface area (Å²) in [5.41, 5.74) is 13.0. The lowest BCUT2D eigenvalue weighted by atomic mass is 9.95. The SMILES string of the molecule is N#Cc1cc(-c2ccc(-n3c4ccccc4c4ccccc43)cc2C#N)cc([Si](c2ccccc2)(c2ccccc2)c2ccc(-c3cccc4c3c3ccccc3n4-c3ccc(-c4c(C#N)cc([Si](c5ccccc5)(c5ccccc5)c5ccccc5)cc4C#N)cc3)cc2)c1. The molecule has 0 spiro atoms. The maximum absolute atomic E-state index is 11.2. The number of fused-ring (bicyclic) bond motifs is 6.